The Bertz CT molecular complexity index is 1210. The zero-order chi connectivity index (χ0) is 23.8. The van der Waals surface area contributed by atoms with Gasteiger partial charge in [0, 0.05) is 47.0 Å². The van der Waals surface area contributed by atoms with Crippen molar-refractivity contribution in [1.82, 2.24) is 15.0 Å². The van der Waals surface area contributed by atoms with Crippen LogP contribution in [0.15, 0.2) is 64.2 Å². The molecule has 1 amide bonds. The van der Waals surface area contributed by atoms with Gasteiger partial charge in [-0.1, -0.05) is 7.43 Å². The third-order valence-corrected chi connectivity index (χ3v) is 6.15. The summed E-state index contributed by atoms with van der Waals surface area (Å²) in [6.07, 6.45) is 5.58. The number of anilines is 3. The molecule has 0 radical (unpaired) electrons. The lowest BCUT2D eigenvalue weighted by atomic mass is 10.1. The number of aromatic nitrogens is 3. The van der Waals surface area contributed by atoms with Crippen molar-refractivity contribution < 1.29 is 18.8 Å². The number of nitrogens with zero attached hydrogens (tertiary/aromatic N) is 4. The first kappa shape index (κ1) is 26.7. The van der Waals surface area contributed by atoms with Crippen LogP contribution >= 0.6 is 0 Å². The number of carbonyl (C=O) groups is 1. The highest BCUT2D eigenvalue weighted by molar-refractivity contribution is 7.93. The summed E-state index contributed by atoms with van der Waals surface area (Å²) in [6.45, 7) is 3.60. The fraction of sp³-hybridized carbons (Fsp3) is 0.304. The molecule has 1 aromatic carbocycles. The van der Waals surface area contributed by atoms with Crippen LogP contribution in [0, 0.1) is 0 Å². The van der Waals surface area contributed by atoms with Crippen molar-refractivity contribution in [3.63, 3.8) is 0 Å². The normalized spacial score (nSPS) is 13.1. The molecular weight excluding hydrogens is 456 g/mol. The molecule has 34 heavy (non-hydrogen) atoms. The number of aliphatic hydroxyl groups is 1. The van der Waals surface area contributed by atoms with E-state index < -0.39 is 15.8 Å². The number of amides is 1. The first-order valence-electron chi connectivity index (χ1n) is 10.2. The third-order valence-electron chi connectivity index (χ3n) is 4.50. The standard InChI is InChI=1S/C22H26N6O4S.CH4/c1-4-32-22(30)28-33(3,31)18-7-5-17(6-8-18)26-21-24-13-19(16-9-11-23-12-10-16)20(27-21)25-15(2)14-29;/h5-13,15,29H,4,14H2,1-3H3,(H2,24,25,26,27);1H4/t15-,33?;/m1./s1. The minimum Gasteiger partial charge on any atom is -0.448 e. The van der Waals surface area contributed by atoms with Crippen LogP contribution in [-0.4, -0.2) is 55.9 Å². The maximum Gasteiger partial charge on any atom is 0.442 e. The topological polar surface area (TPSA) is 139 Å². The van der Waals surface area contributed by atoms with Crippen LogP contribution in [0.2, 0.25) is 0 Å². The van der Waals surface area contributed by atoms with Gasteiger partial charge >= 0.3 is 6.09 Å². The molecule has 0 aliphatic heterocycles. The van der Waals surface area contributed by atoms with Gasteiger partial charge in [-0.05, 0) is 55.8 Å². The number of ether oxygens (including phenoxy) is 1. The van der Waals surface area contributed by atoms with E-state index in [1.165, 1.54) is 6.26 Å². The zero-order valence-corrected chi connectivity index (χ0v) is 19.4. The Labute approximate surface area is 200 Å². The Kier molecular flexibility index (Phi) is 9.46. The van der Waals surface area contributed by atoms with Gasteiger partial charge < -0.3 is 20.5 Å². The largest absolute Gasteiger partial charge is 0.448 e. The van der Waals surface area contributed by atoms with Crippen LogP contribution in [-0.2, 0) is 14.5 Å². The summed E-state index contributed by atoms with van der Waals surface area (Å²) < 4.78 is 21.2. The summed E-state index contributed by atoms with van der Waals surface area (Å²) in [5.41, 5.74) is 2.31. The summed E-state index contributed by atoms with van der Waals surface area (Å²) in [7, 11) is -2.93. The highest BCUT2D eigenvalue weighted by atomic mass is 32.2. The van der Waals surface area contributed by atoms with Gasteiger partial charge in [0.05, 0.1) is 22.9 Å². The summed E-state index contributed by atoms with van der Waals surface area (Å²) in [5, 5.41) is 15.7. The Balaban J connectivity index is 0.00000408. The predicted molar refractivity (Wildman–Crippen MR) is 134 cm³/mol. The molecule has 10 nitrogen and oxygen atoms in total. The third kappa shape index (κ3) is 6.96. The minimum absolute atomic E-state index is 0. The molecule has 0 fully saturated rings. The molecule has 0 saturated heterocycles. The highest BCUT2D eigenvalue weighted by Gasteiger charge is 2.13. The van der Waals surface area contributed by atoms with E-state index in [2.05, 4.69) is 29.9 Å². The second-order valence-corrected chi connectivity index (χ2v) is 9.42. The smallest absolute Gasteiger partial charge is 0.442 e. The van der Waals surface area contributed by atoms with Crippen molar-refractivity contribution >= 4 is 33.3 Å². The van der Waals surface area contributed by atoms with E-state index in [1.54, 1.807) is 49.8 Å². The molecule has 3 rings (SSSR count). The van der Waals surface area contributed by atoms with Crippen molar-refractivity contribution in [2.45, 2.75) is 32.2 Å². The number of hydrogen-bond donors (Lipinski definition) is 3. The lowest BCUT2D eigenvalue weighted by Crippen LogP contribution is -2.21. The van der Waals surface area contributed by atoms with Crippen molar-refractivity contribution in [3.05, 3.63) is 55.0 Å². The molecule has 3 N–H and O–H groups in total. The van der Waals surface area contributed by atoms with E-state index in [1.807, 2.05) is 19.1 Å². The van der Waals surface area contributed by atoms with Crippen molar-refractivity contribution in [2.75, 3.05) is 30.1 Å². The van der Waals surface area contributed by atoms with E-state index in [-0.39, 0.29) is 26.7 Å². The zero-order valence-electron chi connectivity index (χ0n) is 18.6. The first-order valence-corrected chi connectivity index (χ1v) is 12.2. The Morgan fingerprint density at radius 1 is 1.21 bits per heavy atom. The molecule has 182 valence electrons. The van der Waals surface area contributed by atoms with Crippen LogP contribution in [0.5, 0.6) is 0 Å². The van der Waals surface area contributed by atoms with Gasteiger partial charge in [0.1, 0.15) is 5.82 Å². The van der Waals surface area contributed by atoms with Crippen LogP contribution in [0.3, 0.4) is 0 Å². The predicted octanol–water partition coefficient (Wildman–Crippen LogP) is 4.32. The van der Waals surface area contributed by atoms with E-state index in [9.17, 15) is 14.1 Å². The monoisotopic (exact) mass is 486 g/mol. The second kappa shape index (κ2) is 12.1. The maximum absolute atomic E-state index is 12.7. The number of rotatable bonds is 8. The van der Waals surface area contributed by atoms with Gasteiger partial charge in [0.25, 0.3) is 0 Å². The number of hydrogen-bond acceptors (Lipinski definition) is 9. The molecule has 11 heteroatoms. The molecule has 1 unspecified atom stereocenters. The molecule has 0 bridgehead atoms. The molecular formula is C23H30N6O4S. The van der Waals surface area contributed by atoms with Gasteiger partial charge in [0.15, 0.2) is 0 Å². The van der Waals surface area contributed by atoms with E-state index in [4.69, 9.17) is 4.74 Å². The Morgan fingerprint density at radius 3 is 2.50 bits per heavy atom. The molecule has 0 spiro atoms. The highest BCUT2D eigenvalue weighted by Crippen LogP contribution is 2.27. The lowest BCUT2D eigenvalue weighted by Gasteiger charge is -2.16. The molecule has 2 aromatic heterocycles. The van der Waals surface area contributed by atoms with Crippen molar-refractivity contribution in [1.29, 1.82) is 0 Å². The van der Waals surface area contributed by atoms with Crippen molar-refractivity contribution in [2.24, 2.45) is 4.36 Å². The van der Waals surface area contributed by atoms with E-state index in [0.717, 1.165) is 11.1 Å². The SMILES string of the molecule is C.CCOC(=O)N=S(C)(=O)c1ccc(Nc2ncc(-c3ccncc3)c(N[C@H](C)CO)n2)cc1. The number of aliphatic hydroxyl groups excluding tert-OH is 1. The molecule has 2 heterocycles. The molecule has 2 atom stereocenters. The number of carbonyl (C=O) groups excluding carboxylic acids is 1. The van der Waals surface area contributed by atoms with Crippen LogP contribution in [0.1, 0.15) is 21.3 Å². The number of pyridine rings is 1. The van der Waals surface area contributed by atoms with Gasteiger partial charge in [-0.3, -0.25) is 4.98 Å². The van der Waals surface area contributed by atoms with Gasteiger partial charge in [-0.2, -0.15) is 4.98 Å². The quantitative estimate of drug-likeness (QED) is 0.424. The summed E-state index contributed by atoms with van der Waals surface area (Å²) in [6, 6.07) is 10.1. The molecule has 0 saturated carbocycles. The molecule has 0 aliphatic rings. The average molecular weight is 487 g/mol. The molecule has 3 aromatic rings. The fourth-order valence-electron chi connectivity index (χ4n) is 2.84. The number of benzene rings is 1. The Hall–Kier alpha value is -3.57. The van der Waals surface area contributed by atoms with E-state index >= 15 is 0 Å². The average Bonchev–Trinajstić information content (AvgIpc) is 2.80. The van der Waals surface area contributed by atoms with Crippen molar-refractivity contribution in [3.8, 4) is 11.1 Å². The van der Waals surface area contributed by atoms with Crippen LogP contribution in [0.25, 0.3) is 11.1 Å². The number of nitrogens with one attached hydrogen (secondary N) is 2. The fourth-order valence-corrected chi connectivity index (χ4v) is 3.92. The minimum atomic E-state index is -2.93. The molecule has 0 aliphatic carbocycles. The van der Waals surface area contributed by atoms with Crippen LogP contribution < -0.4 is 10.6 Å². The summed E-state index contributed by atoms with van der Waals surface area (Å²) in [5.74, 6) is 0.892. The van der Waals surface area contributed by atoms with Gasteiger partial charge in [-0.25, -0.2) is 14.0 Å². The first-order chi connectivity index (χ1) is 15.8. The van der Waals surface area contributed by atoms with Crippen LogP contribution in [0.4, 0.5) is 22.2 Å². The lowest BCUT2D eigenvalue weighted by molar-refractivity contribution is 0.164. The maximum atomic E-state index is 12.7. The summed E-state index contributed by atoms with van der Waals surface area (Å²) >= 11 is 0. The second-order valence-electron chi connectivity index (χ2n) is 7.16. The van der Waals surface area contributed by atoms with E-state index in [0.29, 0.717) is 22.3 Å². The Morgan fingerprint density at radius 2 is 1.88 bits per heavy atom. The summed E-state index contributed by atoms with van der Waals surface area (Å²) in [4.78, 5) is 25.0. The van der Waals surface area contributed by atoms with Gasteiger partial charge in [-0.15, -0.1) is 4.36 Å². The van der Waals surface area contributed by atoms with Gasteiger partial charge in [0.2, 0.25) is 5.95 Å².